The predicted octanol–water partition coefficient (Wildman–Crippen LogP) is 2.53. The first-order valence-electron chi connectivity index (χ1n) is 5.51. The number of nitrogens with zero attached hydrogens (tertiary/aromatic N) is 2. The van der Waals surface area contributed by atoms with Gasteiger partial charge in [0.05, 0.1) is 11.2 Å². The Morgan fingerprint density at radius 2 is 2.44 bits per heavy atom. The van der Waals surface area contributed by atoms with E-state index in [4.69, 9.17) is 11.6 Å². The lowest BCUT2D eigenvalue weighted by atomic mass is 9.73. The van der Waals surface area contributed by atoms with Crippen LogP contribution in [0.4, 0.5) is 0 Å². The standard InChI is InChI=1S/C11H15ClN2O2/c1-8-4-2-3-5-11(8,10(15)16)14-7-9(12)6-13-14/h6-8H,2-5H2,1H3,(H,15,16). The topological polar surface area (TPSA) is 55.1 Å². The quantitative estimate of drug-likeness (QED) is 0.867. The summed E-state index contributed by atoms with van der Waals surface area (Å²) in [4.78, 5) is 11.6. The van der Waals surface area contributed by atoms with Gasteiger partial charge in [0.1, 0.15) is 0 Å². The van der Waals surface area contributed by atoms with Gasteiger partial charge in [-0.05, 0) is 18.8 Å². The van der Waals surface area contributed by atoms with Gasteiger partial charge in [-0.3, -0.25) is 4.68 Å². The van der Waals surface area contributed by atoms with Gasteiger partial charge in [0.2, 0.25) is 0 Å². The van der Waals surface area contributed by atoms with E-state index in [0.717, 1.165) is 19.3 Å². The smallest absolute Gasteiger partial charge is 0.331 e. The summed E-state index contributed by atoms with van der Waals surface area (Å²) in [5.41, 5.74) is -0.911. The Balaban J connectivity index is 2.46. The SMILES string of the molecule is CC1CCCCC1(C(=O)O)n1cc(Cl)cn1. The summed E-state index contributed by atoms with van der Waals surface area (Å²) in [6, 6.07) is 0. The number of carbonyl (C=O) groups is 1. The van der Waals surface area contributed by atoms with E-state index in [1.165, 1.54) is 10.9 Å². The third-order valence-electron chi connectivity index (χ3n) is 3.59. The highest BCUT2D eigenvalue weighted by Gasteiger charge is 2.47. The van der Waals surface area contributed by atoms with Gasteiger partial charge in [0.15, 0.2) is 5.54 Å². The van der Waals surface area contributed by atoms with Crippen molar-refractivity contribution < 1.29 is 9.90 Å². The summed E-state index contributed by atoms with van der Waals surface area (Å²) in [6.07, 6.45) is 6.66. The molecule has 0 aromatic carbocycles. The number of carboxylic acid groups (broad SMARTS) is 1. The maximum atomic E-state index is 11.6. The summed E-state index contributed by atoms with van der Waals surface area (Å²) < 4.78 is 1.53. The van der Waals surface area contributed by atoms with Crippen LogP contribution in [-0.2, 0) is 10.3 Å². The minimum absolute atomic E-state index is 0.0784. The fraction of sp³-hybridized carbons (Fsp3) is 0.636. The van der Waals surface area contributed by atoms with E-state index < -0.39 is 11.5 Å². The van der Waals surface area contributed by atoms with Gasteiger partial charge >= 0.3 is 5.97 Å². The molecular formula is C11H15ClN2O2. The molecule has 0 radical (unpaired) electrons. The molecule has 88 valence electrons. The van der Waals surface area contributed by atoms with Gasteiger partial charge < -0.3 is 5.11 Å². The highest BCUT2D eigenvalue weighted by molar-refractivity contribution is 6.30. The molecule has 0 amide bonds. The molecule has 1 aromatic rings. The summed E-state index contributed by atoms with van der Waals surface area (Å²) in [7, 11) is 0. The molecule has 1 heterocycles. The number of carboxylic acids is 1. The average molecular weight is 243 g/mol. The van der Waals surface area contributed by atoms with Crippen LogP contribution in [0.15, 0.2) is 12.4 Å². The molecule has 0 spiro atoms. The molecule has 5 heteroatoms. The van der Waals surface area contributed by atoms with Crippen LogP contribution in [0.1, 0.15) is 32.6 Å². The molecule has 1 saturated carbocycles. The van der Waals surface area contributed by atoms with Crippen LogP contribution in [-0.4, -0.2) is 20.9 Å². The highest BCUT2D eigenvalue weighted by atomic mass is 35.5. The Hall–Kier alpha value is -1.03. The zero-order valence-electron chi connectivity index (χ0n) is 9.19. The highest BCUT2D eigenvalue weighted by Crippen LogP contribution is 2.39. The van der Waals surface area contributed by atoms with Crippen molar-refractivity contribution in [2.45, 2.75) is 38.1 Å². The van der Waals surface area contributed by atoms with E-state index in [1.54, 1.807) is 6.20 Å². The summed E-state index contributed by atoms with van der Waals surface area (Å²) in [5, 5.41) is 14.1. The van der Waals surface area contributed by atoms with Gasteiger partial charge in [-0.2, -0.15) is 5.10 Å². The fourth-order valence-corrected chi connectivity index (χ4v) is 2.74. The van der Waals surface area contributed by atoms with Crippen LogP contribution in [0.25, 0.3) is 0 Å². The molecule has 1 aliphatic rings. The van der Waals surface area contributed by atoms with Crippen molar-refractivity contribution in [3.05, 3.63) is 17.4 Å². The maximum absolute atomic E-state index is 11.6. The number of aromatic nitrogens is 2. The first-order chi connectivity index (χ1) is 7.57. The average Bonchev–Trinajstić information content (AvgIpc) is 2.65. The van der Waals surface area contributed by atoms with Crippen molar-refractivity contribution in [1.29, 1.82) is 0 Å². The largest absolute Gasteiger partial charge is 0.479 e. The van der Waals surface area contributed by atoms with Crippen LogP contribution < -0.4 is 0 Å². The Morgan fingerprint density at radius 3 is 2.94 bits per heavy atom. The van der Waals surface area contributed by atoms with Crippen LogP contribution in [0.2, 0.25) is 5.02 Å². The number of hydrogen-bond donors (Lipinski definition) is 1. The molecule has 2 atom stereocenters. The molecule has 4 nitrogen and oxygen atoms in total. The number of halogens is 1. The first-order valence-corrected chi connectivity index (χ1v) is 5.89. The summed E-state index contributed by atoms with van der Waals surface area (Å²) >= 11 is 5.82. The van der Waals surface area contributed by atoms with E-state index in [9.17, 15) is 9.90 Å². The van der Waals surface area contributed by atoms with Crippen LogP contribution >= 0.6 is 11.6 Å². The van der Waals surface area contributed by atoms with Gasteiger partial charge in [0.25, 0.3) is 0 Å². The lowest BCUT2D eigenvalue weighted by Gasteiger charge is -2.39. The van der Waals surface area contributed by atoms with Crippen molar-refractivity contribution in [1.82, 2.24) is 9.78 Å². The van der Waals surface area contributed by atoms with E-state index in [1.807, 2.05) is 6.92 Å². The summed E-state index contributed by atoms with van der Waals surface area (Å²) in [5.74, 6) is -0.728. The monoisotopic (exact) mass is 242 g/mol. The van der Waals surface area contributed by atoms with Crippen LogP contribution in [0.5, 0.6) is 0 Å². The Labute approximate surface area is 99.2 Å². The molecule has 0 saturated heterocycles. The molecule has 0 bridgehead atoms. The first kappa shape index (κ1) is 11.5. The van der Waals surface area contributed by atoms with Gasteiger partial charge in [0, 0.05) is 6.20 Å². The second-order valence-corrected chi connectivity index (χ2v) is 4.92. The minimum atomic E-state index is -0.911. The molecule has 1 fully saturated rings. The molecule has 2 rings (SSSR count). The fourth-order valence-electron chi connectivity index (χ4n) is 2.61. The molecule has 0 aliphatic heterocycles. The van der Waals surface area contributed by atoms with Gasteiger partial charge in [-0.15, -0.1) is 0 Å². The zero-order chi connectivity index (χ0) is 11.8. The zero-order valence-corrected chi connectivity index (χ0v) is 9.94. The van der Waals surface area contributed by atoms with E-state index >= 15 is 0 Å². The lowest BCUT2D eigenvalue weighted by Crippen LogP contribution is -2.49. The lowest BCUT2D eigenvalue weighted by molar-refractivity contribution is -0.153. The molecular weight excluding hydrogens is 228 g/mol. The molecule has 2 unspecified atom stereocenters. The third kappa shape index (κ3) is 1.61. The molecule has 1 N–H and O–H groups in total. The van der Waals surface area contributed by atoms with E-state index in [2.05, 4.69) is 5.10 Å². The van der Waals surface area contributed by atoms with Crippen LogP contribution in [0.3, 0.4) is 0 Å². The predicted molar refractivity (Wildman–Crippen MR) is 60.5 cm³/mol. The van der Waals surface area contributed by atoms with E-state index in [-0.39, 0.29) is 5.92 Å². The Morgan fingerprint density at radius 1 is 1.69 bits per heavy atom. The Kier molecular flexibility index (Phi) is 2.93. The number of rotatable bonds is 2. The van der Waals surface area contributed by atoms with Crippen molar-refractivity contribution in [2.24, 2.45) is 5.92 Å². The number of hydrogen-bond acceptors (Lipinski definition) is 2. The second kappa shape index (κ2) is 4.09. The Bertz CT molecular complexity index is 404. The third-order valence-corrected chi connectivity index (χ3v) is 3.79. The van der Waals surface area contributed by atoms with Crippen molar-refractivity contribution in [3.63, 3.8) is 0 Å². The number of aliphatic carboxylic acids is 1. The van der Waals surface area contributed by atoms with Crippen LogP contribution in [0, 0.1) is 5.92 Å². The van der Waals surface area contributed by atoms with Gasteiger partial charge in [-0.25, -0.2) is 4.79 Å². The minimum Gasteiger partial charge on any atom is -0.479 e. The molecule has 1 aromatic heterocycles. The summed E-state index contributed by atoms with van der Waals surface area (Å²) in [6.45, 7) is 1.98. The van der Waals surface area contributed by atoms with Crippen molar-refractivity contribution in [2.75, 3.05) is 0 Å². The van der Waals surface area contributed by atoms with Crippen molar-refractivity contribution >= 4 is 17.6 Å². The maximum Gasteiger partial charge on any atom is 0.331 e. The van der Waals surface area contributed by atoms with Gasteiger partial charge in [-0.1, -0.05) is 31.4 Å². The van der Waals surface area contributed by atoms with E-state index in [0.29, 0.717) is 11.4 Å². The normalized spacial score (nSPS) is 30.2. The molecule has 1 aliphatic carbocycles. The van der Waals surface area contributed by atoms with Crippen molar-refractivity contribution in [3.8, 4) is 0 Å². The molecule has 16 heavy (non-hydrogen) atoms. The second-order valence-electron chi connectivity index (χ2n) is 4.48.